The van der Waals surface area contributed by atoms with Crippen molar-refractivity contribution in [1.82, 2.24) is 5.32 Å². The molecular weight excluding hydrogens is 198 g/mol. The fraction of sp³-hybridized carbons (Fsp3) is 0.571. The van der Waals surface area contributed by atoms with Gasteiger partial charge in [-0.2, -0.15) is 0 Å². The van der Waals surface area contributed by atoms with Crippen LogP contribution in [-0.2, 0) is 12.8 Å². The molecule has 0 saturated carbocycles. The third-order valence-corrected chi connectivity index (χ3v) is 3.72. The number of nitrogens with one attached hydrogen (secondary N) is 1. The predicted molar refractivity (Wildman–Crippen MR) is 64.9 cm³/mol. The van der Waals surface area contributed by atoms with Gasteiger partial charge in [0.1, 0.15) is 5.75 Å². The average molecular weight is 217 g/mol. The van der Waals surface area contributed by atoms with E-state index in [-0.39, 0.29) is 0 Å². The molecular formula is C14H19NO. The Labute approximate surface area is 97.0 Å². The van der Waals surface area contributed by atoms with Crippen LogP contribution in [0.4, 0.5) is 0 Å². The molecule has 0 radical (unpaired) electrons. The summed E-state index contributed by atoms with van der Waals surface area (Å²) in [5.41, 5.74) is 3.02. The zero-order valence-corrected chi connectivity index (χ0v) is 9.67. The van der Waals surface area contributed by atoms with Gasteiger partial charge in [0, 0.05) is 12.5 Å². The first-order chi connectivity index (χ1) is 7.92. The lowest BCUT2D eigenvalue weighted by Gasteiger charge is -2.11. The molecule has 1 fully saturated rings. The summed E-state index contributed by atoms with van der Waals surface area (Å²) in [7, 11) is 0. The lowest BCUT2D eigenvalue weighted by molar-refractivity contribution is 0.260. The van der Waals surface area contributed by atoms with Crippen LogP contribution in [0.1, 0.15) is 24.0 Å². The quantitative estimate of drug-likeness (QED) is 0.837. The van der Waals surface area contributed by atoms with E-state index in [4.69, 9.17) is 4.74 Å². The number of benzene rings is 1. The van der Waals surface area contributed by atoms with Gasteiger partial charge in [-0.15, -0.1) is 0 Å². The molecule has 0 spiro atoms. The maximum Gasteiger partial charge on any atom is 0.119 e. The second-order valence-electron chi connectivity index (χ2n) is 4.95. The van der Waals surface area contributed by atoms with Crippen LogP contribution < -0.4 is 10.1 Å². The van der Waals surface area contributed by atoms with Crippen molar-refractivity contribution in [2.45, 2.75) is 25.7 Å². The van der Waals surface area contributed by atoms with Crippen molar-refractivity contribution in [1.29, 1.82) is 0 Å². The summed E-state index contributed by atoms with van der Waals surface area (Å²) >= 11 is 0. The van der Waals surface area contributed by atoms with Crippen molar-refractivity contribution in [3.05, 3.63) is 29.3 Å². The topological polar surface area (TPSA) is 21.3 Å². The van der Waals surface area contributed by atoms with E-state index >= 15 is 0 Å². The molecule has 2 nitrogen and oxygen atoms in total. The first-order valence-electron chi connectivity index (χ1n) is 6.37. The summed E-state index contributed by atoms with van der Waals surface area (Å²) < 4.78 is 5.88. The summed E-state index contributed by atoms with van der Waals surface area (Å²) in [6.07, 6.45) is 5.05. The Balaban J connectivity index is 1.61. The molecule has 2 heteroatoms. The molecule has 1 atom stereocenters. The van der Waals surface area contributed by atoms with Gasteiger partial charge in [0.05, 0.1) is 6.61 Å². The Morgan fingerprint density at radius 3 is 3.06 bits per heavy atom. The van der Waals surface area contributed by atoms with Gasteiger partial charge < -0.3 is 10.1 Å². The molecule has 0 unspecified atom stereocenters. The Morgan fingerprint density at radius 2 is 2.19 bits per heavy atom. The lowest BCUT2D eigenvalue weighted by Crippen LogP contribution is -2.15. The second kappa shape index (κ2) is 4.46. The average Bonchev–Trinajstić information content (AvgIpc) is 2.97. The number of aryl methyl sites for hydroxylation is 2. The molecule has 1 aliphatic carbocycles. The molecule has 1 aromatic rings. The third kappa shape index (κ3) is 2.07. The molecule has 0 bridgehead atoms. The van der Waals surface area contributed by atoms with Crippen molar-refractivity contribution in [2.75, 3.05) is 19.7 Å². The molecule has 1 heterocycles. The van der Waals surface area contributed by atoms with Crippen molar-refractivity contribution in [3.8, 4) is 5.75 Å². The van der Waals surface area contributed by atoms with Crippen molar-refractivity contribution in [3.63, 3.8) is 0 Å². The van der Waals surface area contributed by atoms with Crippen LogP contribution in [-0.4, -0.2) is 19.7 Å². The Kier molecular flexibility index (Phi) is 2.83. The van der Waals surface area contributed by atoms with E-state index in [0.29, 0.717) is 5.92 Å². The first-order valence-corrected chi connectivity index (χ1v) is 6.37. The standard InChI is InChI=1S/C14H19NO/c1-2-12-4-5-14(8-13(12)3-1)16-10-11-6-7-15-9-11/h4-5,8,11,15H,1-3,6-7,9-10H2/t11-/m0/s1. The van der Waals surface area contributed by atoms with Crippen molar-refractivity contribution < 1.29 is 4.74 Å². The largest absolute Gasteiger partial charge is 0.493 e. The van der Waals surface area contributed by atoms with Crippen LogP contribution in [0.3, 0.4) is 0 Å². The van der Waals surface area contributed by atoms with Gasteiger partial charge in [0.25, 0.3) is 0 Å². The highest BCUT2D eigenvalue weighted by Crippen LogP contribution is 2.26. The molecule has 1 aromatic carbocycles. The first kappa shape index (κ1) is 10.2. The van der Waals surface area contributed by atoms with Gasteiger partial charge in [-0.3, -0.25) is 0 Å². The highest BCUT2D eigenvalue weighted by molar-refractivity contribution is 5.38. The number of hydrogen-bond acceptors (Lipinski definition) is 2. The fourth-order valence-corrected chi connectivity index (χ4v) is 2.71. The molecule has 1 N–H and O–H groups in total. The summed E-state index contributed by atoms with van der Waals surface area (Å²) in [5, 5.41) is 3.37. The minimum absolute atomic E-state index is 0.702. The maximum absolute atomic E-state index is 5.88. The Hall–Kier alpha value is -1.02. The zero-order valence-electron chi connectivity index (χ0n) is 9.67. The van der Waals surface area contributed by atoms with Gasteiger partial charge >= 0.3 is 0 Å². The fourth-order valence-electron chi connectivity index (χ4n) is 2.71. The van der Waals surface area contributed by atoms with E-state index in [1.807, 2.05) is 0 Å². The monoisotopic (exact) mass is 217 g/mol. The van der Waals surface area contributed by atoms with E-state index in [1.165, 1.54) is 36.8 Å². The molecule has 3 rings (SSSR count). The van der Waals surface area contributed by atoms with Crippen LogP contribution in [0.25, 0.3) is 0 Å². The summed E-state index contributed by atoms with van der Waals surface area (Å²) in [6.45, 7) is 3.13. The number of rotatable bonds is 3. The van der Waals surface area contributed by atoms with E-state index < -0.39 is 0 Å². The molecule has 86 valence electrons. The van der Waals surface area contributed by atoms with Gasteiger partial charge in [0.2, 0.25) is 0 Å². The number of ether oxygens (including phenoxy) is 1. The minimum Gasteiger partial charge on any atom is -0.493 e. The summed E-state index contributed by atoms with van der Waals surface area (Å²) in [5.74, 6) is 1.76. The normalized spacial score (nSPS) is 23.4. The SMILES string of the molecule is c1cc2c(cc1OC[C@H]1CCNC1)CCC2. The smallest absolute Gasteiger partial charge is 0.119 e. The van der Waals surface area contributed by atoms with Crippen LogP contribution in [0.5, 0.6) is 5.75 Å². The summed E-state index contributed by atoms with van der Waals surface area (Å²) in [4.78, 5) is 0. The zero-order chi connectivity index (χ0) is 10.8. The van der Waals surface area contributed by atoms with Gasteiger partial charge in [-0.1, -0.05) is 6.07 Å². The third-order valence-electron chi connectivity index (χ3n) is 3.72. The van der Waals surface area contributed by atoms with Crippen molar-refractivity contribution in [2.24, 2.45) is 5.92 Å². The Morgan fingerprint density at radius 1 is 1.25 bits per heavy atom. The number of hydrogen-bond donors (Lipinski definition) is 1. The van der Waals surface area contributed by atoms with E-state index in [2.05, 4.69) is 23.5 Å². The van der Waals surface area contributed by atoms with E-state index in [0.717, 1.165) is 25.4 Å². The van der Waals surface area contributed by atoms with E-state index in [1.54, 1.807) is 0 Å². The maximum atomic E-state index is 5.88. The van der Waals surface area contributed by atoms with Gasteiger partial charge in [-0.25, -0.2) is 0 Å². The molecule has 1 saturated heterocycles. The Bertz CT molecular complexity index is 369. The summed E-state index contributed by atoms with van der Waals surface area (Å²) in [6, 6.07) is 6.61. The van der Waals surface area contributed by atoms with Crippen LogP contribution in [0.15, 0.2) is 18.2 Å². The second-order valence-corrected chi connectivity index (χ2v) is 4.95. The molecule has 1 aliphatic heterocycles. The molecule has 0 amide bonds. The molecule has 0 aromatic heterocycles. The number of fused-ring (bicyclic) bond motifs is 1. The van der Waals surface area contributed by atoms with Gasteiger partial charge in [0.15, 0.2) is 0 Å². The highest BCUT2D eigenvalue weighted by Gasteiger charge is 2.16. The van der Waals surface area contributed by atoms with Crippen LogP contribution >= 0.6 is 0 Å². The lowest BCUT2D eigenvalue weighted by atomic mass is 10.1. The van der Waals surface area contributed by atoms with Gasteiger partial charge in [-0.05, 0) is 55.5 Å². The van der Waals surface area contributed by atoms with E-state index in [9.17, 15) is 0 Å². The van der Waals surface area contributed by atoms with Crippen LogP contribution in [0.2, 0.25) is 0 Å². The molecule has 16 heavy (non-hydrogen) atoms. The minimum atomic E-state index is 0.702. The van der Waals surface area contributed by atoms with Crippen LogP contribution in [0, 0.1) is 5.92 Å². The highest BCUT2D eigenvalue weighted by atomic mass is 16.5. The molecule has 2 aliphatic rings. The van der Waals surface area contributed by atoms with Crippen molar-refractivity contribution >= 4 is 0 Å². The predicted octanol–water partition coefficient (Wildman–Crippen LogP) is 2.16.